The van der Waals surface area contributed by atoms with Gasteiger partial charge in [0.2, 0.25) is 0 Å². The number of aryl methyl sites for hydroxylation is 2. The third-order valence-corrected chi connectivity index (χ3v) is 5.66. The Bertz CT molecular complexity index is 1170. The third kappa shape index (κ3) is 5.17. The van der Waals surface area contributed by atoms with Crippen molar-refractivity contribution < 1.29 is 50.7 Å². The van der Waals surface area contributed by atoms with Crippen LogP contribution in [0.3, 0.4) is 0 Å². The van der Waals surface area contributed by atoms with Crippen LogP contribution < -0.4 is 24.8 Å². The van der Waals surface area contributed by atoms with Crippen LogP contribution in [0.5, 0.6) is 0 Å². The molecule has 0 atom stereocenters. The van der Waals surface area contributed by atoms with E-state index in [-0.39, 0.29) is 50.7 Å². The molecule has 0 fully saturated rings. The normalized spacial score (nSPS) is 9.87. The quantitative estimate of drug-likeness (QED) is 0.201. The van der Waals surface area contributed by atoms with Gasteiger partial charge in [-0.25, -0.2) is 0 Å². The molecular weight excluding hydrogens is 576 g/mol. The van der Waals surface area contributed by atoms with Crippen molar-refractivity contribution in [3.8, 4) is 5.69 Å². The van der Waals surface area contributed by atoms with Gasteiger partial charge < -0.3 is 29.4 Å². The summed E-state index contributed by atoms with van der Waals surface area (Å²) in [7, 11) is 0. The Labute approximate surface area is 210 Å². The van der Waals surface area contributed by atoms with Crippen LogP contribution in [0, 0.1) is 27.7 Å². The minimum absolute atomic E-state index is 0. The fourth-order valence-electron chi connectivity index (χ4n) is 3.71. The Hall–Kier alpha value is -1.61. The van der Waals surface area contributed by atoms with E-state index in [1.54, 1.807) is 0 Å². The molecule has 1 aromatic heterocycles. The Morgan fingerprint density at radius 1 is 0.833 bits per heavy atom. The smallest absolute Gasteiger partial charge is 1.00 e. The van der Waals surface area contributed by atoms with E-state index in [4.69, 9.17) is 0 Å². The summed E-state index contributed by atoms with van der Waals surface area (Å²) in [5.41, 5.74) is 8.24. The van der Waals surface area contributed by atoms with Gasteiger partial charge in [-0.2, -0.15) is 28.3 Å². The maximum atomic E-state index is 2.25. The molecule has 0 saturated carbocycles. The molecule has 0 aliphatic heterocycles. The number of fused-ring (bicyclic) bond motifs is 2. The molecule has 5 aromatic rings. The number of rotatable bonds is 1. The predicted octanol–water partition coefficient (Wildman–Crippen LogP) is 1.15. The van der Waals surface area contributed by atoms with Crippen LogP contribution in [0.25, 0.3) is 27.4 Å². The molecule has 0 radical (unpaired) electrons. The van der Waals surface area contributed by atoms with Crippen molar-refractivity contribution in [2.45, 2.75) is 27.7 Å². The molecule has 0 saturated heterocycles. The summed E-state index contributed by atoms with van der Waals surface area (Å²) in [6, 6.07) is 25.8. The first-order valence-electron chi connectivity index (χ1n) is 9.46. The standard InChI is InChI=1S/C17H12N.C9H13.2ClH.Hf/c1-2-7-15-12-16(11-14(15)6-1)18-10-9-13-5-3-4-8-17(13)18;1-6-5-7(2)9(4)8(6)3;;;/h1-12H;5H,1-4H3;2*1H;/q2*-1;;;+4/p-2. The maximum Gasteiger partial charge on any atom is 4.00 e. The van der Waals surface area contributed by atoms with Gasteiger partial charge in [0, 0.05) is 6.20 Å². The number of hydrogen-bond acceptors (Lipinski definition) is 0. The number of benzene rings is 2. The number of halogens is 2. The van der Waals surface area contributed by atoms with Crippen LogP contribution in [0.4, 0.5) is 0 Å². The molecule has 0 aliphatic carbocycles. The van der Waals surface area contributed by atoms with Crippen LogP contribution in [0.2, 0.25) is 0 Å². The van der Waals surface area contributed by atoms with E-state index < -0.39 is 0 Å². The van der Waals surface area contributed by atoms with Gasteiger partial charge in [-0.1, -0.05) is 52.0 Å². The molecule has 0 unspecified atom stereocenters. The summed E-state index contributed by atoms with van der Waals surface area (Å²) in [4.78, 5) is 0. The van der Waals surface area contributed by atoms with Crippen molar-refractivity contribution in [2.75, 3.05) is 0 Å². The zero-order valence-electron chi connectivity index (χ0n) is 17.7. The molecule has 1 nitrogen and oxygen atoms in total. The average molecular weight is 601 g/mol. The maximum absolute atomic E-state index is 2.25. The molecule has 4 aromatic carbocycles. The van der Waals surface area contributed by atoms with Crippen molar-refractivity contribution in [2.24, 2.45) is 0 Å². The van der Waals surface area contributed by atoms with Gasteiger partial charge in [0.15, 0.2) is 0 Å². The molecule has 5 rings (SSSR count). The Morgan fingerprint density at radius 3 is 2.03 bits per heavy atom. The van der Waals surface area contributed by atoms with Crippen LogP contribution in [0.1, 0.15) is 22.3 Å². The van der Waals surface area contributed by atoms with E-state index >= 15 is 0 Å². The van der Waals surface area contributed by atoms with Crippen molar-refractivity contribution in [3.63, 3.8) is 0 Å². The van der Waals surface area contributed by atoms with E-state index in [9.17, 15) is 0 Å². The first-order chi connectivity index (χ1) is 13.0. The monoisotopic (exact) mass is 601 g/mol. The summed E-state index contributed by atoms with van der Waals surface area (Å²) < 4.78 is 2.25. The number of para-hydroxylation sites is 1. The molecular formula is C26H25Cl2HfN. The van der Waals surface area contributed by atoms with Crippen molar-refractivity contribution >= 4 is 21.7 Å². The topological polar surface area (TPSA) is 4.93 Å². The van der Waals surface area contributed by atoms with Crippen molar-refractivity contribution in [1.82, 2.24) is 4.57 Å². The Morgan fingerprint density at radius 2 is 1.47 bits per heavy atom. The van der Waals surface area contributed by atoms with Crippen LogP contribution in [0.15, 0.2) is 79.0 Å². The summed E-state index contributed by atoms with van der Waals surface area (Å²) in [5, 5.41) is 3.87. The van der Waals surface area contributed by atoms with E-state index in [0.29, 0.717) is 0 Å². The minimum atomic E-state index is 0. The summed E-state index contributed by atoms with van der Waals surface area (Å²) >= 11 is 0. The Kier molecular flexibility index (Phi) is 9.81. The van der Waals surface area contributed by atoms with E-state index in [2.05, 4.69) is 111 Å². The first kappa shape index (κ1) is 26.4. The second-order valence-electron chi connectivity index (χ2n) is 7.35. The van der Waals surface area contributed by atoms with Crippen LogP contribution in [-0.4, -0.2) is 4.57 Å². The van der Waals surface area contributed by atoms with E-state index in [1.807, 2.05) is 0 Å². The molecule has 0 amide bonds. The summed E-state index contributed by atoms with van der Waals surface area (Å²) in [5.74, 6) is 0. The zero-order valence-corrected chi connectivity index (χ0v) is 22.8. The number of hydrogen-bond donors (Lipinski definition) is 0. The van der Waals surface area contributed by atoms with Gasteiger partial charge in [-0.3, -0.25) is 0 Å². The summed E-state index contributed by atoms with van der Waals surface area (Å²) in [6.45, 7) is 8.68. The fraction of sp³-hybridized carbons (Fsp3) is 0.154. The predicted molar refractivity (Wildman–Crippen MR) is 117 cm³/mol. The molecule has 152 valence electrons. The van der Waals surface area contributed by atoms with Gasteiger partial charge in [0.05, 0.1) is 5.52 Å². The van der Waals surface area contributed by atoms with Gasteiger partial charge in [-0.15, -0.1) is 41.1 Å². The minimum Gasteiger partial charge on any atom is -1.00 e. The first-order valence-corrected chi connectivity index (χ1v) is 9.46. The van der Waals surface area contributed by atoms with Gasteiger partial charge >= 0.3 is 25.8 Å². The fourth-order valence-corrected chi connectivity index (χ4v) is 3.71. The van der Waals surface area contributed by atoms with Crippen LogP contribution in [-0.2, 0) is 25.8 Å². The van der Waals surface area contributed by atoms with Gasteiger partial charge in [-0.05, 0) is 23.2 Å². The van der Waals surface area contributed by atoms with Crippen LogP contribution >= 0.6 is 0 Å². The second-order valence-corrected chi connectivity index (χ2v) is 7.35. The average Bonchev–Trinajstić information content (AvgIpc) is 3.35. The third-order valence-electron chi connectivity index (χ3n) is 5.66. The van der Waals surface area contributed by atoms with Crippen molar-refractivity contribution in [3.05, 3.63) is 101 Å². The van der Waals surface area contributed by atoms with Crippen molar-refractivity contribution in [1.29, 1.82) is 0 Å². The van der Waals surface area contributed by atoms with E-state index in [1.165, 1.54) is 49.6 Å². The number of aromatic nitrogens is 1. The van der Waals surface area contributed by atoms with E-state index in [0.717, 1.165) is 0 Å². The van der Waals surface area contributed by atoms with Gasteiger partial charge in [0.25, 0.3) is 0 Å². The number of nitrogens with zero attached hydrogens (tertiary/aromatic N) is 1. The second kappa shape index (κ2) is 11.1. The molecule has 4 heteroatoms. The molecule has 0 aliphatic rings. The molecule has 0 bridgehead atoms. The SMILES string of the molecule is Cc1c[c-](C)c(C)c1C.[Cl-].[Cl-].[Hf+4].c1ccc2[cH-]c(-n3ccc4ccccc43)cc2c1. The molecule has 0 N–H and O–H groups in total. The Balaban J connectivity index is 0.000000327. The molecule has 0 spiro atoms. The molecule has 30 heavy (non-hydrogen) atoms. The largest absolute Gasteiger partial charge is 4.00 e. The van der Waals surface area contributed by atoms with Gasteiger partial charge in [0.1, 0.15) is 0 Å². The summed E-state index contributed by atoms with van der Waals surface area (Å²) in [6.07, 6.45) is 2.14. The zero-order chi connectivity index (χ0) is 19.0. The molecule has 1 heterocycles.